The zero-order valence-electron chi connectivity index (χ0n) is 15.1. The number of nitrogens with one attached hydrogen (secondary N) is 1. The lowest BCUT2D eigenvalue weighted by Crippen LogP contribution is -2.28. The number of carbonyl (C=O) groups is 2. The number of anilines is 2. The van der Waals surface area contributed by atoms with Crippen LogP contribution in [-0.4, -0.2) is 28.5 Å². The summed E-state index contributed by atoms with van der Waals surface area (Å²) >= 11 is 5.95. The van der Waals surface area contributed by atoms with Crippen molar-refractivity contribution in [2.45, 2.75) is 13.3 Å². The number of hydrogen-bond donors (Lipinski definition) is 1. The van der Waals surface area contributed by atoms with Gasteiger partial charge in [0.1, 0.15) is 0 Å². The lowest BCUT2D eigenvalue weighted by atomic mass is 10.1. The van der Waals surface area contributed by atoms with Crippen molar-refractivity contribution in [3.63, 3.8) is 0 Å². The van der Waals surface area contributed by atoms with E-state index >= 15 is 0 Å². The van der Waals surface area contributed by atoms with Crippen LogP contribution in [0.3, 0.4) is 0 Å². The zero-order chi connectivity index (χ0) is 19.7. The van der Waals surface area contributed by atoms with Crippen LogP contribution >= 0.6 is 11.6 Å². The maximum Gasteiger partial charge on any atom is 0.229 e. The summed E-state index contributed by atoms with van der Waals surface area (Å²) in [6.45, 7) is 2.02. The van der Waals surface area contributed by atoms with Crippen LogP contribution in [0.25, 0.3) is 11.4 Å². The zero-order valence-corrected chi connectivity index (χ0v) is 15.8. The highest BCUT2D eigenvalue weighted by Crippen LogP contribution is 2.29. The standard InChI is InChI=1S/C20H17ClN4O3/c1-12-22-19(24-28-12)13-4-2-7-17(8-13)25-11-14(9-18(25)26)20(27)23-16-6-3-5-15(21)10-16/h2-8,10,14H,9,11H2,1H3,(H,23,27). The van der Waals surface area contributed by atoms with Crippen molar-refractivity contribution in [2.24, 2.45) is 5.92 Å². The molecule has 1 fully saturated rings. The Balaban J connectivity index is 1.50. The van der Waals surface area contributed by atoms with Crippen LogP contribution in [0.15, 0.2) is 53.1 Å². The van der Waals surface area contributed by atoms with E-state index in [1.807, 2.05) is 24.3 Å². The summed E-state index contributed by atoms with van der Waals surface area (Å²) in [7, 11) is 0. The highest BCUT2D eigenvalue weighted by atomic mass is 35.5. The fourth-order valence-corrected chi connectivity index (χ4v) is 3.36. The van der Waals surface area contributed by atoms with Crippen LogP contribution in [0.1, 0.15) is 12.3 Å². The highest BCUT2D eigenvalue weighted by Gasteiger charge is 2.35. The molecule has 0 saturated carbocycles. The third-order valence-corrected chi connectivity index (χ3v) is 4.77. The quantitative estimate of drug-likeness (QED) is 0.726. The highest BCUT2D eigenvalue weighted by molar-refractivity contribution is 6.30. The Morgan fingerprint density at radius 1 is 1.25 bits per heavy atom. The van der Waals surface area contributed by atoms with Crippen molar-refractivity contribution in [3.05, 3.63) is 59.4 Å². The number of hydrogen-bond acceptors (Lipinski definition) is 5. The van der Waals surface area contributed by atoms with E-state index < -0.39 is 5.92 Å². The SMILES string of the molecule is Cc1nc(-c2cccc(N3CC(C(=O)Nc4cccc(Cl)c4)CC3=O)c2)no1. The predicted octanol–water partition coefficient (Wildman–Crippen LogP) is 3.69. The molecule has 1 atom stereocenters. The maximum atomic E-state index is 12.6. The average molecular weight is 397 g/mol. The first-order valence-electron chi connectivity index (χ1n) is 8.77. The van der Waals surface area contributed by atoms with E-state index in [9.17, 15) is 9.59 Å². The van der Waals surface area contributed by atoms with Gasteiger partial charge in [0.15, 0.2) is 0 Å². The molecule has 2 heterocycles. The van der Waals surface area contributed by atoms with E-state index in [1.165, 1.54) is 0 Å². The van der Waals surface area contributed by atoms with E-state index in [1.54, 1.807) is 36.1 Å². The van der Waals surface area contributed by atoms with Gasteiger partial charge in [0.2, 0.25) is 23.5 Å². The predicted molar refractivity (Wildman–Crippen MR) is 105 cm³/mol. The van der Waals surface area contributed by atoms with E-state index in [4.69, 9.17) is 16.1 Å². The second-order valence-corrected chi connectivity index (χ2v) is 7.03. The van der Waals surface area contributed by atoms with Crippen molar-refractivity contribution in [2.75, 3.05) is 16.8 Å². The van der Waals surface area contributed by atoms with Gasteiger partial charge in [-0.25, -0.2) is 0 Å². The molecule has 7 nitrogen and oxygen atoms in total. The van der Waals surface area contributed by atoms with E-state index in [0.717, 1.165) is 5.56 Å². The van der Waals surface area contributed by atoms with Gasteiger partial charge in [-0.2, -0.15) is 4.98 Å². The second-order valence-electron chi connectivity index (χ2n) is 6.59. The first kappa shape index (κ1) is 18.2. The molecular weight excluding hydrogens is 380 g/mol. The van der Waals surface area contributed by atoms with Gasteiger partial charge in [0.05, 0.1) is 5.92 Å². The monoisotopic (exact) mass is 396 g/mol. The molecule has 142 valence electrons. The summed E-state index contributed by atoms with van der Waals surface area (Å²) in [5.74, 6) is 0.176. The van der Waals surface area contributed by atoms with Gasteiger partial charge in [0.25, 0.3) is 0 Å². The van der Waals surface area contributed by atoms with Gasteiger partial charge in [0, 0.05) is 41.9 Å². The van der Waals surface area contributed by atoms with Crippen molar-refractivity contribution in [3.8, 4) is 11.4 Å². The summed E-state index contributed by atoms with van der Waals surface area (Å²) in [6.07, 6.45) is 0.151. The smallest absolute Gasteiger partial charge is 0.229 e. The second kappa shape index (κ2) is 7.44. The van der Waals surface area contributed by atoms with Gasteiger partial charge in [-0.3, -0.25) is 9.59 Å². The molecule has 2 aromatic carbocycles. The molecule has 0 radical (unpaired) electrons. The van der Waals surface area contributed by atoms with Crippen LogP contribution in [0, 0.1) is 12.8 Å². The number of carbonyl (C=O) groups excluding carboxylic acids is 2. The van der Waals surface area contributed by atoms with Crippen molar-refractivity contribution in [1.82, 2.24) is 10.1 Å². The number of halogens is 1. The molecule has 0 aliphatic carbocycles. The molecule has 1 N–H and O–H groups in total. The average Bonchev–Trinajstić information content (AvgIpc) is 3.28. The Hall–Kier alpha value is -3.19. The summed E-state index contributed by atoms with van der Waals surface area (Å²) < 4.78 is 5.01. The molecule has 1 aromatic heterocycles. The minimum absolute atomic E-state index is 0.104. The number of nitrogens with zero attached hydrogens (tertiary/aromatic N) is 3. The molecule has 8 heteroatoms. The Morgan fingerprint density at radius 3 is 2.82 bits per heavy atom. The molecule has 1 saturated heterocycles. The van der Waals surface area contributed by atoms with Gasteiger partial charge < -0.3 is 14.7 Å². The minimum atomic E-state index is -0.442. The minimum Gasteiger partial charge on any atom is -0.339 e. The molecule has 1 aliphatic rings. The van der Waals surface area contributed by atoms with Gasteiger partial charge in [-0.05, 0) is 30.3 Å². The van der Waals surface area contributed by atoms with E-state index in [2.05, 4.69) is 15.5 Å². The Labute approximate surface area is 166 Å². The number of aromatic nitrogens is 2. The third-order valence-electron chi connectivity index (χ3n) is 4.53. The first-order chi connectivity index (χ1) is 13.5. The Bertz CT molecular complexity index is 1050. The summed E-state index contributed by atoms with van der Waals surface area (Å²) in [4.78, 5) is 30.9. The molecule has 28 heavy (non-hydrogen) atoms. The number of amides is 2. The molecule has 0 spiro atoms. The number of benzene rings is 2. The van der Waals surface area contributed by atoms with Crippen molar-refractivity contribution < 1.29 is 14.1 Å². The van der Waals surface area contributed by atoms with E-state index in [-0.39, 0.29) is 18.2 Å². The Kier molecular flexibility index (Phi) is 4.83. The van der Waals surface area contributed by atoms with Crippen LogP contribution in [-0.2, 0) is 9.59 Å². The third kappa shape index (κ3) is 3.75. The van der Waals surface area contributed by atoms with Crippen LogP contribution in [0.5, 0.6) is 0 Å². The van der Waals surface area contributed by atoms with Crippen molar-refractivity contribution >= 4 is 34.8 Å². The first-order valence-corrected chi connectivity index (χ1v) is 9.15. The van der Waals surface area contributed by atoms with Crippen LogP contribution in [0.2, 0.25) is 5.02 Å². The Morgan fingerprint density at radius 2 is 2.07 bits per heavy atom. The topological polar surface area (TPSA) is 88.3 Å². The fourth-order valence-electron chi connectivity index (χ4n) is 3.17. The maximum absolute atomic E-state index is 12.6. The largest absolute Gasteiger partial charge is 0.339 e. The van der Waals surface area contributed by atoms with Crippen LogP contribution in [0.4, 0.5) is 11.4 Å². The molecule has 4 rings (SSSR count). The van der Waals surface area contributed by atoms with Gasteiger partial charge >= 0.3 is 0 Å². The van der Waals surface area contributed by atoms with Crippen LogP contribution < -0.4 is 10.2 Å². The number of aryl methyl sites for hydroxylation is 1. The lowest BCUT2D eigenvalue weighted by molar-refractivity contribution is -0.122. The van der Waals surface area contributed by atoms with Crippen molar-refractivity contribution in [1.29, 1.82) is 0 Å². The molecule has 0 bridgehead atoms. The fraction of sp³-hybridized carbons (Fsp3) is 0.200. The molecule has 1 aliphatic heterocycles. The molecular formula is C20H17ClN4O3. The summed E-state index contributed by atoms with van der Waals surface area (Å²) in [6, 6.07) is 14.2. The molecule has 2 amide bonds. The summed E-state index contributed by atoms with van der Waals surface area (Å²) in [5, 5.41) is 7.27. The normalized spacial score (nSPS) is 16.4. The van der Waals surface area contributed by atoms with Gasteiger partial charge in [-0.1, -0.05) is 35.0 Å². The molecule has 1 unspecified atom stereocenters. The summed E-state index contributed by atoms with van der Waals surface area (Å²) in [5.41, 5.74) is 2.05. The lowest BCUT2D eigenvalue weighted by Gasteiger charge is -2.17. The van der Waals surface area contributed by atoms with E-state index in [0.29, 0.717) is 34.7 Å². The van der Waals surface area contributed by atoms with Gasteiger partial charge in [-0.15, -0.1) is 0 Å². The molecule has 3 aromatic rings. The number of rotatable bonds is 4.